The van der Waals surface area contributed by atoms with E-state index in [1.54, 1.807) is 0 Å². The molecule has 0 rings (SSSR count). The second-order valence-electron chi connectivity index (χ2n) is 5.68. The summed E-state index contributed by atoms with van der Waals surface area (Å²) in [7, 11) is 0. The van der Waals surface area contributed by atoms with E-state index in [0.717, 1.165) is 32.1 Å². The van der Waals surface area contributed by atoms with Crippen molar-refractivity contribution < 1.29 is 30.6 Å². The third kappa shape index (κ3) is 7.51. The third-order valence-corrected chi connectivity index (χ3v) is 3.70. The second-order valence-corrected chi connectivity index (χ2v) is 5.68. The van der Waals surface area contributed by atoms with Crippen molar-refractivity contribution in [1.82, 2.24) is 0 Å². The zero-order valence-electron chi connectivity index (χ0n) is 12.7. The lowest BCUT2D eigenvalue weighted by atomic mass is 9.91. The minimum Gasteiger partial charge on any atom is -0.394 e. The molecule has 0 spiro atoms. The van der Waals surface area contributed by atoms with E-state index in [2.05, 4.69) is 6.92 Å². The molecule has 0 aromatic carbocycles. The number of nitrogens with two attached hydrogens (primary N) is 1. The topological polar surface area (TPSA) is 147 Å². The molecular formula is C14H31NO6. The Kier molecular flexibility index (Phi) is 10.3. The van der Waals surface area contributed by atoms with E-state index in [1.807, 2.05) is 0 Å². The van der Waals surface area contributed by atoms with Crippen molar-refractivity contribution >= 4 is 0 Å². The molecule has 0 aliphatic carbocycles. The number of hydrogen-bond donors (Lipinski definition) is 7. The molecule has 0 saturated carbocycles. The van der Waals surface area contributed by atoms with E-state index in [1.165, 1.54) is 0 Å². The molecule has 0 aromatic rings. The summed E-state index contributed by atoms with van der Waals surface area (Å²) in [6.07, 6.45) is -1.16. The van der Waals surface area contributed by atoms with Gasteiger partial charge in [0, 0.05) is 0 Å². The van der Waals surface area contributed by atoms with E-state index in [0.29, 0.717) is 6.42 Å². The molecule has 0 aliphatic heterocycles. The molecule has 0 aliphatic rings. The maximum absolute atomic E-state index is 9.97. The lowest BCUT2D eigenvalue weighted by molar-refractivity contribution is -0.173. The first-order chi connectivity index (χ1) is 9.77. The molecule has 0 bridgehead atoms. The van der Waals surface area contributed by atoms with Gasteiger partial charge in [0.25, 0.3) is 0 Å². The van der Waals surface area contributed by atoms with Gasteiger partial charge in [0.05, 0.1) is 6.61 Å². The molecule has 7 heteroatoms. The summed E-state index contributed by atoms with van der Waals surface area (Å²) >= 11 is 0. The van der Waals surface area contributed by atoms with Crippen LogP contribution in [0.4, 0.5) is 0 Å². The fraction of sp³-hybridized carbons (Fsp3) is 1.00. The average Bonchev–Trinajstić information content (AvgIpc) is 2.47. The monoisotopic (exact) mass is 309 g/mol. The minimum absolute atomic E-state index is 0.0687. The number of aliphatic hydroxyl groups is 6. The van der Waals surface area contributed by atoms with E-state index >= 15 is 0 Å². The minimum atomic E-state index is -2.06. The van der Waals surface area contributed by atoms with Gasteiger partial charge < -0.3 is 36.4 Å². The molecule has 5 atom stereocenters. The third-order valence-electron chi connectivity index (χ3n) is 3.70. The fourth-order valence-electron chi connectivity index (χ4n) is 2.15. The normalized spacial score (nSPS) is 20.6. The van der Waals surface area contributed by atoms with Gasteiger partial charge in [-0.3, -0.25) is 0 Å². The Morgan fingerprint density at radius 3 is 1.95 bits per heavy atom. The van der Waals surface area contributed by atoms with E-state index in [9.17, 15) is 25.5 Å². The lowest BCUT2D eigenvalue weighted by Gasteiger charge is -2.34. The van der Waals surface area contributed by atoms with Crippen LogP contribution in [0.1, 0.15) is 51.9 Å². The Balaban J connectivity index is 4.21. The zero-order valence-corrected chi connectivity index (χ0v) is 12.7. The molecule has 0 amide bonds. The van der Waals surface area contributed by atoms with Crippen LogP contribution in [0.15, 0.2) is 0 Å². The van der Waals surface area contributed by atoms with Gasteiger partial charge in [-0.25, -0.2) is 0 Å². The van der Waals surface area contributed by atoms with Crippen LogP contribution >= 0.6 is 0 Å². The van der Waals surface area contributed by atoms with Crippen LogP contribution in [0.5, 0.6) is 0 Å². The summed E-state index contributed by atoms with van der Waals surface area (Å²) in [6, 6.07) is 0. The quantitative estimate of drug-likeness (QED) is 0.177. The van der Waals surface area contributed by atoms with Crippen LogP contribution in [0.2, 0.25) is 0 Å². The summed E-state index contributed by atoms with van der Waals surface area (Å²) in [4.78, 5) is 0. The van der Waals surface area contributed by atoms with Gasteiger partial charge in [0.1, 0.15) is 30.1 Å². The van der Waals surface area contributed by atoms with Crippen molar-refractivity contribution in [3.63, 3.8) is 0 Å². The predicted molar refractivity (Wildman–Crippen MR) is 78.2 cm³/mol. The standard InChI is InChI=1S/C14H31NO6/c1-2-3-4-5-6-7-8-14(15,21)13(20)12(19)11(18)10(17)9-16/h10-13,16-21H,2-9,15H2,1H3. The summed E-state index contributed by atoms with van der Waals surface area (Å²) in [5.41, 5.74) is 3.52. The largest absolute Gasteiger partial charge is 0.394 e. The highest BCUT2D eigenvalue weighted by Crippen LogP contribution is 2.19. The Morgan fingerprint density at radius 1 is 0.905 bits per heavy atom. The fourth-order valence-corrected chi connectivity index (χ4v) is 2.15. The van der Waals surface area contributed by atoms with Gasteiger partial charge in [-0.1, -0.05) is 39.0 Å². The first kappa shape index (κ1) is 20.7. The van der Waals surface area contributed by atoms with Crippen LogP contribution in [0.3, 0.4) is 0 Å². The number of rotatable bonds is 12. The maximum Gasteiger partial charge on any atom is 0.142 e. The number of aliphatic hydroxyl groups excluding tert-OH is 5. The van der Waals surface area contributed by atoms with Crippen molar-refractivity contribution in [3.05, 3.63) is 0 Å². The molecule has 0 radical (unpaired) electrons. The van der Waals surface area contributed by atoms with Crippen LogP contribution < -0.4 is 5.73 Å². The van der Waals surface area contributed by atoms with Crippen molar-refractivity contribution in [3.8, 4) is 0 Å². The molecule has 7 nitrogen and oxygen atoms in total. The van der Waals surface area contributed by atoms with Gasteiger partial charge in [0.15, 0.2) is 0 Å². The first-order valence-corrected chi connectivity index (χ1v) is 7.62. The van der Waals surface area contributed by atoms with Crippen molar-refractivity contribution in [1.29, 1.82) is 0 Å². The Hall–Kier alpha value is -0.280. The summed E-state index contributed by atoms with van der Waals surface area (Å²) in [6.45, 7) is 1.34. The van der Waals surface area contributed by atoms with Gasteiger partial charge >= 0.3 is 0 Å². The summed E-state index contributed by atoms with van der Waals surface area (Å²) in [5, 5.41) is 56.9. The highest BCUT2D eigenvalue weighted by Gasteiger charge is 2.40. The molecule has 0 aromatic heterocycles. The van der Waals surface area contributed by atoms with Crippen molar-refractivity contribution in [2.75, 3.05) is 6.61 Å². The molecule has 0 heterocycles. The van der Waals surface area contributed by atoms with E-state index < -0.39 is 36.7 Å². The second kappa shape index (κ2) is 10.4. The smallest absolute Gasteiger partial charge is 0.142 e. The van der Waals surface area contributed by atoms with Crippen molar-refractivity contribution in [2.24, 2.45) is 5.73 Å². The lowest BCUT2D eigenvalue weighted by Crippen LogP contribution is -2.60. The molecule has 5 unspecified atom stereocenters. The van der Waals surface area contributed by atoms with Crippen LogP contribution in [0, 0.1) is 0 Å². The molecule has 128 valence electrons. The first-order valence-electron chi connectivity index (χ1n) is 7.62. The van der Waals surface area contributed by atoms with Crippen molar-refractivity contribution in [2.45, 2.75) is 82.0 Å². The predicted octanol–water partition coefficient (Wildman–Crippen LogP) is -1.18. The van der Waals surface area contributed by atoms with Crippen LogP contribution in [-0.2, 0) is 0 Å². The highest BCUT2D eigenvalue weighted by atomic mass is 16.4. The maximum atomic E-state index is 9.97. The summed E-state index contributed by atoms with van der Waals surface area (Å²) < 4.78 is 0. The zero-order chi connectivity index (χ0) is 16.5. The molecule has 8 N–H and O–H groups in total. The van der Waals surface area contributed by atoms with Crippen LogP contribution in [-0.4, -0.2) is 67.4 Å². The SMILES string of the molecule is CCCCCCCCC(N)(O)C(O)C(O)C(O)C(O)CO. The Morgan fingerprint density at radius 2 is 1.43 bits per heavy atom. The molecule has 21 heavy (non-hydrogen) atoms. The number of hydrogen-bond acceptors (Lipinski definition) is 7. The molecule has 0 saturated heterocycles. The van der Waals surface area contributed by atoms with Gasteiger partial charge in [0.2, 0.25) is 0 Å². The Bertz CT molecular complexity index is 264. The van der Waals surface area contributed by atoms with E-state index in [4.69, 9.17) is 10.8 Å². The van der Waals surface area contributed by atoms with Gasteiger partial charge in [-0.05, 0) is 12.8 Å². The molecule has 0 fully saturated rings. The highest BCUT2D eigenvalue weighted by molar-refractivity contribution is 4.90. The van der Waals surface area contributed by atoms with Gasteiger partial charge in [-0.15, -0.1) is 0 Å². The van der Waals surface area contributed by atoms with Gasteiger partial charge in [-0.2, -0.15) is 0 Å². The van der Waals surface area contributed by atoms with E-state index in [-0.39, 0.29) is 6.42 Å². The average molecular weight is 309 g/mol. The summed E-state index contributed by atoms with van der Waals surface area (Å²) in [5.74, 6) is 0. The molecular weight excluding hydrogens is 278 g/mol. The van der Waals surface area contributed by atoms with Crippen LogP contribution in [0.25, 0.3) is 0 Å². The number of unbranched alkanes of at least 4 members (excludes halogenated alkanes) is 5. The Labute approximate surface area is 126 Å².